The standard InChI is InChI=1S/C18H25N5O3/c1-2-3-8-20-17(25)23-9-6-18(13-23)10-15(22-26-18)16(24)21-12-14-5-4-7-19-11-14/h4-5,7,11H,2-3,6,8-10,12-13H2,1H3,(H,20,25)(H,21,24). The van der Waals surface area contributed by atoms with E-state index in [1.54, 1.807) is 17.3 Å². The lowest BCUT2D eigenvalue weighted by atomic mass is 9.96. The summed E-state index contributed by atoms with van der Waals surface area (Å²) >= 11 is 0. The van der Waals surface area contributed by atoms with Gasteiger partial charge in [0.15, 0.2) is 5.60 Å². The Kier molecular flexibility index (Phi) is 5.70. The number of urea groups is 1. The molecule has 1 atom stereocenters. The molecule has 26 heavy (non-hydrogen) atoms. The minimum Gasteiger partial charge on any atom is -0.386 e. The number of rotatable bonds is 6. The quantitative estimate of drug-likeness (QED) is 0.751. The molecule has 0 bridgehead atoms. The molecule has 3 amide bonds. The normalized spacial score (nSPS) is 21.4. The first-order valence-electron chi connectivity index (χ1n) is 9.07. The molecule has 1 aromatic rings. The molecule has 0 saturated carbocycles. The Balaban J connectivity index is 1.47. The van der Waals surface area contributed by atoms with Gasteiger partial charge in [0, 0.05) is 44.9 Å². The monoisotopic (exact) mass is 359 g/mol. The number of aromatic nitrogens is 1. The van der Waals surface area contributed by atoms with Gasteiger partial charge in [-0.15, -0.1) is 0 Å². The summed E-state index contributed by atoms with van der Waals surface area (Å²) in [4.78, 5) is 35.8. The zero-order valence-corrected chi connectivity index (χ0v) is 15.0. The Morgan fingerprint density at radius 2 is 2.27 bits per heavy atom. The van der Waals surface area contributed by atoms with Crippen molar-refractivity contribution in [2.75, 3.05) is 19.6 Å². The molecule has 8 nitrogen and oxygen atoms in total. The van der Waals surface area contributed by atoms with E-state index in [0.29, 0.717) is 44.7 Å². The number of hydrogen-bond donors (Lipinski definition) is 2. The number of nitrogens with zero attached hydrogens (tertiary/aromatic N) is 3. The molecule has 2 N–H and O–H groups in total. The SMILES string of the molecule is CCCCNC(=O)N1CCC2(CC(C(=O)NCc3cccnc3)=NO2)C1. The molecule has 1 fully saturated rings. The third-order valence-electron chi connectivity index (χ3n) is 4.69. The Morgan fingerprint density at radius 1 is 1.38 bits per heavy atom. The van der Waals surface area contributed by atoms with Crippen molar-refractivity contribution in [3.63, 3.8) is 0 Å². The van der Waals surface area contributed by atoms with Gasteiger partial charge in [0.05, 0.1) is 6.54 Å². The van der Waals surface area contributed by atoms with Gasteiger partial charge in [-0.1, -0.05) is 24.6 Å². The van der Waals surface area contributed by atoms with Crippen LogP contribution in [-0.4, -0.2) is 52.8 Å². The van der Waals surface area contributed by atoms with Crippen LogP contribution < -0.4 is 10.6 Å². The number of likely N-dealkylation sites (tertiary alicyclic amines) is 1. The minimum absolute atomic E-state index is 0.0756. The van der Waals surface area contributed by atoms with Gasteiger partial charge in [-0.25, -0.2) is 4.79 Å². The van der Waals surface area contributed by atoms with Crippen molar-refractivity contribution in [3.8, 4) is 0 Å². The van der Waals surface area contributed by atoms with E-state index in [2.05, 4.69) is 27.7 Å². The van der Waals surface area contributed by atoms with Crippen LogP contribution in [0.15, 0.2) is 29.7 Å². The average molecular weight is 359 g/mol. The van der Waals surface area contributed by atoms with E-state index in [1.807, 2.05) is 12.1 Å². The van der Waals surface area contributed by atoms with E-state index in [-0.39, 0.29) is 11.9 Å². The molecule has 2 aliphatic heterocycles. The Hall–Kier alpha value is -2.64. The number of amides is 3. The van der Waals surface area contributed by atoms with E-state index in [9.17, 15) is 9.59 Å². The van der Waals surface area contributed by atoms with Gasteiger partial charge in [-0.3, -0.25) is 9.78 Å². The molecular weight excluding hydrogens is 334 g/mol. The molecule has 140 valence electrons. The van der Waals surface area contributed by atoms with E-state index in [4.69, 9.17) is 4.84 Å². The van der Waals surface area contributed by atoms with Crippen LogP contribution in [0.5, 0.6) is 0 Å². The van der Waals surface area contributed by atoms with Gasteiger partial charge in [-0.2, -0.15) is 0 Å². The van der Waals surface area contributed by atoms with Crippen molar-refractivity contribution >= 4 is 17.6 Å². The first-order chi connectivity index (χ1) is 12.6. The van der Waals surface area contributed by atoms with E-state index >= 15 is 0 Å². The number of oxime groups is 1. The molecule has 0 aromatic carbocycles. The first-order valence-corrected chi connectivity index (χ1v) is 9.07. The molecule has 0 aliphatic carbocycles. The molecule has 2 aliphatic rings. The van der Waals surface area contributed by atoms with Crippen LogP contribution in [0.25, 0.3) is 0 Å². The lowest BCUT2D eigenvalue weighted by Gasteiger charge is -2.21. The average Bonchev–Trinajstić information content (AvgIpc) is 3.28. The van der Waals surface area contributed by atoms with Crippen LogP contribution in [-0.2, 0) is 16.2 Å². The van der Waals surface area contributed by atoms with Crippen molar-refractivity contribution in [3.05, 3.63) is 30.1 Å². The van der Waals surface area contributed by atoms with Gasteiger partial charge in [0.1, 0.15) is 5.71 Å². The highest BCUT2D eigenvalue weighted by Gasteiger charge is 2.47. The highest BCUT2D eigenvalue weighted by Crippen LogP contribution is 2.33. The summed E-state index contributed by atoms with van der Waals surface area (Å²) < 4.78 is 0. The van der Waals surface area contributed by atoms with E-state index in [1.165, 1.54) is 0 Å². The number of nitrogens with one attached hydrogen (secondary N) is 2. The Labute approximate surface area is 153 Å². The van der Waals surface area contributed by atoms with Crippen molar-refractivity contribution in [1.82, 2.24) is 20.5 Å². The van der Waals surface area contributed by atoms with Gasteiger partial charge in [-0.05, 0) is 18.1 Å². The van der Waals surface area contributed by atoms with Crippen molar-refractivity contribution < 1.29 is 14.4 Å². The fourth-order valence-electron chi connectivity index (χ4n) is 3.15. The highest BCUT2D eigenvalue weighted by molar-refractivity contribution is 6.39. The van der Waals surface area contributed by atoms with Crippen LogP contribution in [0.1, 0.15) is 38.2 Å². The maximum Gasteiger partial charge on any atom is 0.317 e. The largest absolute Gasteiger partial charge is 0.386 e. The van der Waals surface area contributed by atoms with Crippen molar-refractivity contribution in [2.45, 2.75) is 44.8 Å². The Morgan fingerprint density at radius 3 is 3.04 bits per heavy atom. The molecule has 8 heteroatoms. The number of unbranched alkanes of at least 4 members (excludes halogenated alkanes) is 1. The topological polar surface area (TPSA) is 95.9 Å². The summed E-state index contributed by atoms with van der Waals surface area (Å²) in [6, 6.07) is 3.65. The summed E-state index contributed by atoms with van der Waals surface area (Å²) in [7, 11) is 0. The summed E-state index contributed by atoms with van der Waals surface area (Å²) in [5.41, 5.74) is 0.733. The summed E-state index contributed by atoms with van der Waals surface area (Å²) in [6.07, 6.45) is 6.50. The smallest absolute Gasteiger partial charge is 0.317 e. The second kappa shape index (κ2) is 8.16. The maximum atomic E-state index is 12.3. The highest BCUT2D eigenvalue weighted by atomic mass is 16.7. The van der Waals surface area contributed by atoms with Crippen LogP contribution in [0, 0.1) is 0 Å². The number of carbonyl (C=O) groups excluding carboxylic acids is 2. The second-order valence-electron chi connectivity index (χ2n) is 6.79. The van der Waals surface area contributed by atoms with Crippen molar-refractivity contribution in [2.24, 2.45) is 5.16 Å². The van der Waals surface area contributed by atoms with Crippen molar-refractivity contribution in [1.29, 1.82) is 0 Å². The van der Waals surface area contributed by atoms with E-state index in [0.717, 1.165) is 18.4 Å². The molecule has 3 rings (SSSR count). The summed E-state index contributed by atoms with van der Waals surface area (Å²) in [5, 5.41) is 9.73. The van der Waals surface area contributed by atoms with Crippen LogP contribution in [0.4, 0.5) is 4.79 Å². The molecule has 1 spiro atoms. The number of pyridine rings is 1. The molecule has 1 saturated heterocycles. The lowest BCUT2D eigenvalue weighted by molar-refractivity contribution is -0.115. The van der Waals surface area contributed by atoms with E-state index < -0.39 is 5.60 Å². The fourth-order valence-corrected chi connectivity index (χ4v) is 3.15. The number of hydrogen-bond acceptors (Lipinski definition) is 5. The zero-order valence-electron chi connectivity index (χ0n) is 15.0. The second-order valence-corrected chi connectivity index (χ2v) is 6.79. The van der Waals surface area contributed by atoms with Gasteiger partial charge in [0.2, 0.25) is 0 Å². The third-order valence-corrected chi connectivity index (χ3v) is 4.69. The Bertz CT molecular complexity index is 679. The lowest BCUT2D eigenvalue weighted by Crippen LogP contribution is -2.42. The summed E-state index contributed by atoms with van der Waals surface area (Å²) in [5.74, 6) is -0.239. The predicted molar refractivity (Wildman–Crippen MR) is 96.4 cm³/mol. The van der Waals surface area contributed by atoms with Crippen LogP contribution in [0.2, 0.25) is 0 Å². The zero-order chi connectivity index (χ0) is 18.4. The first kappa shape index (κ1) is 18.2. The minimum atomic E-state index is -0.566. The van der Waals surface area contributed by atoms with Gasteiger partial charge >= 0.3 is 6.03 Å². The van der Waals surface area contributed by atoms with Gasteiger partial charge < -0.3 is 20.4 Å². The number of carbonyl (C=O) groups is 2. The molecule has 1 aromatic heterocycles. The van der Waals surface area contributed by atoms with Crippen LogP contribution >= 0.6 is 0 Å². The molecule has 3 heterocycles. The maximum absolute atomic E-state index is 12.3. The predicted octanol–water partition coefficient (Wildman–Crippen LogP) is 1.43. The fraction of sp³-hybridized carbons (Fsp3) is 0.556. The molecule has 0 radical (unpaired) electrons. The van der Waals surface area contributed by atoms with Crippen LogP contribution in [0.3, 0.4) is 0 Å². The summed E-state index contributed by atoms with van der Waals surface area (Å²) in [6.45, 7) is 4.22. The van der Waals surface area contributed by atoms with Gasteiger partial charge in [0.25, 0.3) is 5.91 Å². The molecular formula is C18H25N5O3. The third kappa shape index (κ3) is 4.30. The molecule has 1 unspecified atom stereocenters.